The third kappa shape index (κ3) is 3.89. The molecule has 0 bridgehead atoms. The van der Waals surface area contributed by atoms with Crippen LogP contribution in [0.2, 0.25) is 30.8 Å². The first-order valence-electron chi connectivity index (χ1n) is 6.78. The predicted octanol–water partition coefficient (Wildman–Crippen LogP) is 5.24. The molecule has 6 heteroatoms. The number of halogens is 2. The van der Waals surface area contributed by atoms with Crippen LogP contribution in [0.3, 0.4) is 0 Å². The van der Waals surface area contributed by atoms with E-state index < -0.39 is 8.07 Å². The van der Waals surface area contributed by atoms with Gasteiger partial charge in [0.05, 0.1) is 11.1 Å². The van der Waals surface area contributed by atoms with Crippen LogP contribution in [0.5, 0.6) is 0 Å². The molecule has 1 heterocycles. The van der Waals surface area contributed by atoms with E-state index in [4.69, 9.17) is 16.3 Å². The van der Waals surface area contributed by atoms with Crippen molar-refractivity contribution in [2.75, 3.05) is 6.61 Å². The Balaban J connectivity index is 2.24. The van der Waals surface area contributed by atoms with Crippen molar-refractivity contribution in [3.8, 4) is 6.07 Å². The molecule has 0 saturated carbocycles. The molecule has 1 aromatic carbocycles. The molecule has 21 heavy (non-hydrogen) atoms. The van der Waals surface area contributed by atoms with Gasteiger partial charge in [-0.3, -0.25) is 0 Å². The van der Waals surface area contributed by atoms with Crippen LogP contribution in [-0.4, -0.2) is 19.2 Å². The molecule has 0 radical (unpaired) electrons. The average Bonchev–Trinajstić information content (AvgIpc) is 2.65. The Bertz CT molecular complexity index is 700. The highest BCUT2D eigenvalue weighted by Crippen LogP contribution is 2.31. The lowest BCUT2D eigenvalue weighted by molar-refractivity contribution is 0.0904. The molecule has 3 nitrogen and oxygen atoms in total. The van der Waals surface area contributed by atoms with Gasteiger partial charge >= 0.3 is 0 Å². The lowest BCUT2D eigenvalue weighted by Gasteiger charge is -2.16. The number of rotatable bonds is 5. The fourth-order valence-electron chi connectivity index (χ4n) is 2.06. The molecule has 0 aliphatic rings. The largest absolute Gasteiger partial charge is 0.361 e. The van der Waals surface area contributed by atoms with Crippen LogP contribution < -0.4 is 0 Å². The molecule has 2 rings (SSSR count). The van der Waals surface area contributed by atoms with Gasteiger partial charge in [0.25, 0.3) is 0 Å². The first-order valence-corrected chi connectivity index (χ1v) is 11.7. The van der Waals surface area contributed by atoms with Crippen LogP contribution >= 0.6 is 27.5 Å². The number of ether oxygens (including phenoxy) is 1. The minimum Gasteiger partial charge on any atom is -0.361 e. The van der Waals surface area contributed by atoms with E-state index in [1.54, 1.807) is 0 Å². The van der Waals surface area contributed by atoms with Crippen molar-refractivity contribution >= 4 is 46.5 Å². The van der Waals surface area contributed by atoms with Gasteiger partial charge in [-0.05, 0) is 24.2 Å². The third-order valence-corrected chi connectivity index (χ3v) is 5.88. The minimum absolute atomic E-state index is 0.378. The molecule has 0 spiro atoms. The zero-order chi connectivity index (χ0) is 15.6. The van der Waals surface area contributed by atoms with E-state index in [9.17, 15) is 5.26 Å². The van der Waals surface area contributed by atoms with Crippen LogP contribution in [0.25, 0.3) is 10.9 Å². The summed E-state index contributed by atoms with van der Waals surface area (Å²) in [4.78, 5) is 0. The van der Waals surface area contributed by atoms with Gasteiger partial charge in [-0.15, -0.1) is 0 Å². The molecule has 0 amide bonds. The van der Waals surface area contributed by atoms with Crippen molar-refractivity contribution in [2.45, 2.75) is 32.4 Å². The van der Waals surface area contributed by atoms with Crippen LogP contribution in [0.15, 0.2) is 22.7 Å². The van der Waals surface area contributed by atoms with Gasteiger partial charge in [0, 0.05) is 24.5 Å². The Morgan fingerprint density at radius 1 is 1.38 bits per heavy atom. The number of aromatic nitrogens is 1. The Morgan fingerprint density at radius 3 is 2.71 bits per heavy atom. The second-order valence-corrected chi connectivity index (χ2v) is 13.1. The Kier molecular flexibility index (Phi) is 5.15. The third-order valence-electron chi connectivity index (χ3n) is 3.29. The number of nitriles is 1. The maximum atomic E-state index is 9.30. The zero-order valence-electron chi connectivity index (χ0n) is 12.4. The van der Waals surface area contributed by atoms with E-state index in [2.05, 4.69) is 41.6 Å². The van der Waals surface area contributed by atoms with E-state index in [0.29, 0.717) is 17.4 Å². The summed E-state index contributed by atoms with van der Waals surface area (Å²) < 4.78 is 8.55. The average molecular weight is 386 g/mol. The maximum Gasteiger partial charge on any atom is 0.129 e. The summed E-state index contributed by atoms with van der Waals surface area (Å²) in [5.74, 6) is 0. The Labute approximate surface area is 139 Å². The molecule has 0 saturated heterocycles. The molecule has 0 aliphatic heterocycles. The standard InChI is InChI=1S/C15H18BrClN2OSi/c1-21(2,3)7-6-20-10-19-14-5-4-11(16)8-12(14)13(9-18)15(19)17/h4-5,8H,6-7,10H2,1-3H3. The van der Waals surface area contributed by atoms with Crippen molar-refractivity contribution in [1.82, 2.24) is 4.57 Å². The summed E-state index contributed by atoms with van der Waals surface area (Å²) in [6.07, 6.45) is 0. The zero-order valence-corrected chi connectivity index (χ0v) is 15.8. The molecule has 0 aliphatic carbocycles. The number of hydrogen-bond acceptors (Lipinski definition) is 2. The summed E-state index contributed by atoms with van der Waals surface area (Å²) >= 11 is 9.75. The van der Waals surface area contributed by atoms with Crippen LogP contribution in [-0.2, 0) is 11.5 Å². The molecule has 0 atom stereocenters. The summed E-state index contributed by atoms with van der Waals surface area (Å²) in [6, 6.07) is 9.10. The fourth-order valence-corrected chi connectivity index (χ4v) is 3.46. The normalized spacial score (nSPS) is 11.8. The van der Waals surface area contributed by atoms with Crippen LogP contribution in [0.4, 0.5) is 0 Å². The number of nitrogens with zero attached hydrogens (tertiary/aromatic N) is 2. The van der Waals surface area contributed by atoms with Gasteiger partial charge in [0.1, 0.15) is 18.0 Å². The summed E-state index contributed by atoms with van der Waals surface area (Å²) in [7, 11) is -1.10. The number of benzene rings is 1. The monoisotopic (exact) mass is 384 g/mol. The molecule has 1 aromatic heterocycles. The van der Waals surface area contributed by atoms with Crippen LogP contribution in [0.1, 0.15) is 5.56 Å². The van der Waals surface area contributed by atoms with Crippen molar-refractivity contribution < 1.29 is 4.74 Å². The Morgan fingerprint density at radius 2 is 2.10 bits per heavy atom. The van der Waals surface area contributed by atoms with E-state index >= 15 is 0 Å². The second kappa shape index (κ2) is 6.53. The quantitative estimate of drug-likeness (QED) is 0.521. The lowest BCUT2D eigenvalue weighted by atomic mass is 10.2. The molecule has 112 valence electrons. The highest BCUT2D eigenvalue weighted by Gasteiger charge is 2.16. The molecule has 2 aromatic rings. The molecule has 0 unspecified atom stereocenters. The van der Waals surface area contributed by atoms with Gasteiger partial charge < -0.3 is 9.30 Å². The van der Waals surface area contributed by atoms with E-state index in [1.807, 2.05) is 22.8 Å². The molecule has 0 fully saturated rings. The van der Waals surface area contributed by atoms with E-state index in [1.165, 1.54) is 0 Å². The van der Waals surface area contributed by atoms with Crippen molar-refractivity contribution in [1.29, 1.82) is 5.26 Å². The van der Waals surface area contributed by atoms with Gasteiger partial charge in [0.15, 0.2) is 0 Å². The predicted molar refractivity (Wildman–Crippen MR) is 93.5 cm³/mol. The lowest BCUT2D eigenvalue weighted by Crippen LogP contribution is -2.22. The van der Waals surface area contributed by atoms with E-state index in [0.717, 1.165) is 28.0 Å². The van der Waals surface area contributed by atoms with Gasteiger partial charge in [-0.25, -0.2) is 0 Å². The number of hydrogen-bond donors (Lipinski definition) is 0. The van der Waals surface area contributed by atoms with Crippen molar-refractivity contribution in [2.24, 2.45) is 0 Å². The van der Waals surface area contributed by atoms with Crippen LogP contribution in [0, 0.1) is 11.3 Å². The smallest absolute Gasteiger partial charge is 0.129 e. The topological polar surface area (TPSA) is 38.0 Å². The van der Waals surface area contributed by atoms with Gasteiger partial charge in [0.2, 0.25) is 0 Å². The highest BCUT2D eigenvalue weighted by atomic mass is 79.9. The molecular weight excluding hydrogens is 368 g/mol. The summed E-state index contributed by atoms with van der Waals surface area (Å²) in [6.45, 7) is 8.06. The van der Waals surface area contributed by atoms with Gasteiger partial charge in [-0.1, -0.05) is 47.2 Å². The highest BCUT2D eigenvalue weighted by molar-refractivity contribution is 9.10. The van der Waals surface area contributed by atoms with Crippen molar-refractivity contribution in [3.63, 3.8) is 0 Å². The van der Waals surface area contributed by atoms with Gasteiger partial charge in [-0.2, -0.15) is 5.26 Å². The minimum atomic E-state index is -1.10. The second-order valence-electron chi connectivity index (χ2n) is 6.22. The first kappa shape index (κ1) is 16.6. The Hall–Kier alpha value is -0.803. The number of fused-ring (bicyclic) bond motifs is 1. The molecule has 0 N–H and O–H groups in total. The first-order chi connectivity index (χ1) is 9.83. The maximum absolute atomic E-state index is 9.30. The fraction of sp³-hybridized carbons (Fsp3) is 0.400. The van der Waals surface area contributed by atoms with Crippen molar-refractivity contribution in [3.05, 3.63) is 33.4 Å². The molecular formula is C15H18BrClN2OSi. The summed E-state index contributed by atoms with van der Waals surface area (Å²) in [5.41, 5.74) is 1.43. The SMILES string of the molecule is C[Si](C)(C)CCOCn1c(Cl)c(C#N)c2cc(Br)ccc21. The van der Waals surface area contributed by atoms with E-state index in [-0.39, 0.29) is 0 Å². The summed E-state index contributed by atoms with van der Waals surface area (Å²) in [5, 5.41) is 10.6.